The predicted molar refractivity (Wildman–Crippen MR) is 67.4 cm³/mol. The monoisotopic (exact) mass is 254 g/mol. The van der Waals surface area contributed by atoms with Crippen molar-refractivity contribution in [3.05, 3.63) is 17.0 Å². The van der Waals surface area contributed by atoms with Crippen LogP contribution in [0.3, 0.4) is 0 Å². The van der Waals surface area contributed by atoms with Crippen molar-refractivity contribution in [3.8, 4) is 0 Å². The highest BCUT2D eigenvalue weighted by Crippen LogP contribution is 2.27. The van der Waals surface area contributed by atoms with E-state index in [0.717, 1.165) is 36.6 Å². The SMILES string of the molecule is CCOC1CC(NCc2c(C)noc2C)C1OC. The molecule has 3 atom stereocenters. The molecule has 1 heterocycles. The van der Waals surface area contributed by atoms with E-state index in [1.807, 2.05) is 20.8 Å². The summed E-state index contributed by atoms with van der Waals surface area (Å²) in [6.45, 7) is 7.42. The van der Waals surface area contributed by atoms with Gasteiger partial charge in [0.2, 0.25) is 0 Å². The number of aromatic nitrogens is 1. The molecule has 5 heteroatoms. The van der Waals surface area contributed by atoms with Crippen LogP contribution in [0.1, 0.15) is 30.4 Å². The van der Waals surface area contributed by atoms with Gasteiger partial charge >= 0.3 is 0 Å². The Labute approximate surface area is 108 Å². The summed E-state index contributed by atoms with van der Waals surface area (Å²) in [6.07, 6.45) is 1.36. The molecule has 1 saturated carbocycles. The summed E-state index contributed by atoms with van der Waals surface area (Å²) in [5.41, 5.74) is 2.10. The van der Waals surface area contributed by atoms with Crippen LogP contribution in [0.4, 0.5) is 0 Å². The van der Waals surface area contributed by atoms with Crippen LogP contribution < -0.4 is 5.32 Å². The highest BCUT2D eigenvalue weighted by molar-refractivity contribution is 5.20. The van der Waals surface area contributed by atoms with Gasteiger partial charge in [0, 0.05) is 31.9 Å². The van der Waals surface area contributed by atoms with E-state index in [-0.39, 0.29) is 12.2 Å². The largest absolute Gasteiger partial charge is 0.377 e. The Morgan fingerprint density at radius 1 is 1.44 bits per heavy atom. The topological polar surface area (TPSA) is 56.5 Å². The van der Waals surface area contributed by atoms with E-state index in [4.69, 9.17) is 14.0 Å². The van der Waals surface area contributed by atoms with Crippen molar-refractivity contribution in [3.63, 3.8) is 0 Å². The number of nitrogens with zero attached hydrogens (tertiary/aromatic N) is 1. The van der Waals surface area contributed by atoms with E-state index in [0.29, 0.717) is 6.04 Å². The maximum absolute atomic E-state index is 5.60. The van der Waals surface area contributed by atoms with Crippen LogP contribution in [0.15, 0.2) is 4.52 Å². The number of nitrogens with one attached hydrogen (secondary N) is 1. The molecule has 1 fully saturated rings. The van der Waals surface area contributed by atoms with Crippen LogP contribution in [0.25, 0.3) is 0 Å². The third-order valence-corrected chi connectivity index (χ3v) is 3.62. The zero-order valence-electron chi connectivity index (χ0n) is 11.5. The molecular weight excluding hydrogens is 232 g/mol. The lowest BCUT2D eigenvalue weighted by molar-refractivity contribution is -0.131. The van der Waals surface area contributed by atoms with Crippen LogP contribution in [0, 0.1) is 13.8 Å². The number of rotatable bonds is 6. The molecule has 1 aromatic heterocycles. The Bertz CT molecular complexity index is 372. The second-order valence-electron chi connectivity index (χ2n) is 4.72. The maximum Gasteiger partial charge on any atom is 0.138 e. The third-order valence-electron chi connectivity index (χ3n) is 3.62. The molecule has 0 amide bonds. The average molecular weight is 254 g/mol. The number of hydrogen-bond donors (Lipinski definition) is 1. The maximum atomic E-state index is 5.60. The lowest BCUT2D eigenvalue weighted by Crippen LogP contribution is -2.59. The number of hydrogen-bond acceptors (Lipinski definition) is 5. The van der Waals surface area contributed by atoms with Crippen LogP contribution >= 0.6 is 0 Å². The van der Waals surface area contributed by atoms with E-state index in [1.165, 1.54) is 0 Å². The first-order valence-electron chi connectivity index (χ1n) is 6.46. The van der Waals surface area contributed by atoms with Gasteiger partial charge in [-0.3, -0.25) is 0 Å². The van der Waals surface area contributed by atoms with Crippen LogP contribution in [0.2, 0.25) is 0 Å². The van der Waals surface area contributed by atoms with Crippen molar-refractivity contribution >= 4 is 0 Å². The Balaban J connectivity index is 1.85. The summed E-state index contributed by atoms with van der Waals surface area (Å²) >= 11 is 0. The van der Waals surface area contributed by atoms with E-state index in [9.17, 15) is 0 Å². The smallest absolute Gasteiger partial charge is 0.138 e. The Morgan fingerprint density at radius 3 is 2.78 bits per heavy atom. The average Bonchev–Trinajstić information content (AvgIpc) is 2.64. The normalized spacial score (nSPS) is 27.2. The lowest BCUT2D eigenvalue weighted by Gasteiger charge is -2.43. The summed E-state index contributed by atoms with van der Waals surface area (Å²) in [7, 11) is 1.74. The molecule has 3 unspecified atom stereocenters. The van der Waals surface area contributed by atoms with Crippen molar-refractivity contribution in [2.45, 2.75) is 52.0 Å². The molecule has 0 bridgehead atoms. The minimum atomic E-state index is 0.144. The predicted octanol–water partition coefficient (Wildman–Crippen LogP) is 1.57. The second kappa shape index (κ2) is 5.82. The molecule has 0 aromatic carbocycles. The second-order valence-corrected chi connectivity index (χ2v) is 4.72. The van der Waals surface area contributed by atoms with E-state index >= 15 is 0 Å². The first kappa shape index (κ1) is 13.5. The van der Waals surface area contributed by atoms with Gasteiger partial charge < -0.3 is 19.3 Å². The molecule has 1 aromatic rings. The molecule has 0 aliphatic heterocycles. The third kappa shape index (κ3) is 2.58. The Morgan fingerprint density at radius 2 is 2.22 bits per heavy atom. The Hall–Kier alpha value is -0.910. The summed E-state index contributed by atoms with van der Waals surface area (Å²) in [5, 5.41) is 7.44. The van der Waals surface area contributed by atoms with Crippen LogP contribution in [-0.4, -0.2) is 37.1 Å². The highest BCUT2D eigenvalue weighted by Gasteiger charge is 2.41. The highest BCUT2D eigenvalue weighted by atomic mass is 16.5. The van der Waals surface area contributed by atoms with Crippen LogP contribution in [-0.2, 0) is 16.0 Å². The van der Waals surface area contributed by atoms with E-state index < -0.39 is 0 Å². The summed E-state index contributed by atoms with van der Waals surface area (Å²) in [5.74, 6) is 0.884. The van der Waals surface area contributed by atoms with Gasteiger partial charge in [-0.2, -0.15) is 0 Å². The lowest BCUT2D eigenvalue weighted by atomic mass is 9.85. The van der Waals surface area contributed by atoms with Gasteiger partial charge in [-0.15, -0.1) is 0 Å². The molecule has 1 aliphatic carbocycles. The first-order valence-corrected chi connectivity index (χ1v) is 6.46. The van der Waals surface area contributed by atoms with Crippen LogP contribution in [0.5, 0.6) is 0 Å². The molecule has 5 nitrogen and oxygen atoms in total. The number of aryl methyl sites for hydroxylation is 2. The minimum Gasteiger partial charge on any atom is -0.377 e. The minimum absolute atomic E-state index is 0.144. The van der Waals surface area contributed by atoms with Gasteiger partial charge in [-0.25, -0.2) is 0 Å². The van der Waals surface area contributed by atoms with Gasteiger partial charge in [-0.1, -0.05) is 5.16 Å². The number of ether oxygens (including phenoxy) is 2. The fraction of sp³-hybridized carbons (Fsp3) is 0.769. The van der Waals surface area contributed by atoms with Crippen molar-refractivity contribution in [1.29, 1.82) is 0 Å². The van der Waals surface area contributed by atoms with Crippen molar-refractivity contribution in [2.75, 3.05) is 13.7 Å². The Kier molecular flexibility index (Phi) is 4.37. The van der Waals surface area contributed by atoms with Crippen molar-refractivity contribution in [2.24, 2.45) is 0 Å². The zero-order valence-corrected chi connectivity index (χ0v) is 11.5. The molecule has 0 spiro atoms. The first-order chi connectivity index (χ1) is 8.67. The molecule has 0 saturated heterocycles. The number of methoxy groups -OCH3 is 1. The zero-order chi connectivity index (χ0) is 13.1. The van der Waals surface area contributed by atoms with Gasteiger partial charge in [0.1, 0.15) is 5.76 Å². The van der Waals surface area contributed by atoms with Crippen molar-refractivity contribution < 1.29 is 14.0 Å². The fourth-order valence-electron chi connectivity index (χ4n) is 2.46. The molecule has 102 valence electrons. The van der Waals surface area contributed by atoms with Gasteiger partial charge in [0.25, 0.3) is 0 Å². The molecular formula is C13H22N2O3. The standard InChI is InChI=1S/C13H22N2O3/c1-5-17-12-6-11(13(12)16-4)14-7-10-8(2)15-18-9(10)3/h11-14H,5-7H2,1-4H3. The quantitative estimate of drug-likeness (QED) is 0.835. The van der Waals surface area contributed by atoms with Gasteiger partial charge in [0.15, 0.2) is 0 Å². The fourth-order valence-corrected chi connectivity index (χ4v) is 2.46. The molecule has 2 rings (SSSR count). The van der Waals surface area contributed by atoms with Gasteiger partial charge in [0.05, 0.1) is 17.9 Å². The molecule has 18 heavy (non-hydrogen) atoms. The van der Waals surface area contributed by atoms with Crippen molar-refractivity contribution in [1.82, 2.24) is 10.5 Å². The van der Waals surface area contributed by atoms with E-state index in [1.54, 1.807) is 7.11 Å². The molecule has 1 aliphatic rings. The molecule has 1 N–H and O–H groups in total. The summed E-state index contributed by atoms with van der Waals surface area (Å²) < 4.78 is 16.2. The van der Waals surface area contributed by atoms with E-state index in [2.05, 4.69) is 10.5 Å². The van der Waals surface area contributed by atoms with Gasteiger partial charge in [-0.05, 0) is 27.2 Å². The molecule has 0 radical (unpaired) electrons. The summed E-state index contributed by atoms with van der Waals surface area (Å²) in [6, 6.07) is 0.347. The summed E-state index contributed by atoms with van der Waals surface area (Å²) in [4.78, 5) is 0.